The lowest BCUT2D eigenvalue weighted by atomic mass is 10.1. The number of sulfonamides is 1. The number of aliphatic carboxylic acids is 1. The van der Waals surface area contributed by atoms with Crippen molar-refractivity contribution in [2.24, 2.45) is 5.92 Å². The molecule has 0 bridgehead atoms. The van der Waals surface area contributed by atoms with E-state index in [4.69, 9.17) is 0 Å². The molecule has 7 nitrogen and oxygen atoms in total. The van der Waals surface area contributed by atoms with Crippen molar-refractivity contribution in [3.63, 3.8) is 0 Å². The second kappa shape index (κ2) is 5.85. The van der Waals surface area contributed by atoms with Gasteiger partial charge in [-0.1, -0.05) is 13.3 Å². The van der Waals surface area contributed by atoms with E-state index in [9.17, 15) is 26.7 Å². The summed E-state index contributed by atoms with van der Waals surface area (Å²) < 4.78 is 49.8. The van der Waals surface area contributed by atoms with Gasteiger partial charge in [0.25, 0.3) is 0 Å². The third-order valence-corrected chi connectivity index (χ3v) is 8.70. The molecule has 1 saturated carbocycles. The number of sulfone groups is 1. The van der Waals surface area contributed by atoms with Gasteiger partial charge >= 0.3 is 5.97 Å². The van der Waals surface area contributed by atoms with E-state index < -0.39 is 43.0 Å². The molecule has 0 spiro atoms. The summed E-state index contributed by atoms with van der Waals surface area (Å²) in [6, 6.07) is -0.556. The van der Waals surface area contributed by atoms with Crippen LogP contribution in [0.3, 0.4) is 0 Å². The average Bonchev–Trinajstić information content (AvgIpc) is 2.96. The largest absolute Gasteiger partial charge is 0.481 e. The van der Waals surface area contributed by atoms with Crippen molar-refractivity contribution in [1.29, 1.82) is 0 Å². The molecule has 0 radical (unpaired) electrons. The van der Waals surface area contributed by atoms with Crippen molar-refractivity contribution >= 4 is 25.8 Å². The van der Waals surface area contributed by atoms with Crippen molar-refractivity contribution < 1.29 is 26.7 Å². The van der Waals surface area contributed by atoms with Gasteiger partial charge in [0.1, 0.15) is 0 Å². The summed E-state index contributed by atoms with van der Waals surface area (Å²) in [5, 5.41) is 8.24. The van der Waals surface area contributed by atoms with Crippen LogP contribution in [-0.2, 0) is 24.7 Å². The van der Waals surface area contributed by atoms with Gasteiger partial charge in [0.15, 0.2) is 9.84 Å². The third-order valence-electron chi connectivity index (χ3n) is 4.41. The number of hydrogen-bond acceptors (Lipinski definition) is 5. The lowest BCUT2D eigenvalue weighted by molar-refractivity contribution is -0.141. The van der Waals surface area contributed by atoms with Gasteiger partial charge in [-0.15, -0.1) is 0 Å². The van der Waals surface area contributed by atoms with Crippen molar-refractivity contribution in [3.05, 3.63) is 0 Å². The first-order valence-corrected chi connectivity index (χ1v) is 10.5. The summed E-state index contributed by atoms with van der Waals surface area (Å²) in [6.07, 6.45) is 1.55. The Bertz CT molecular complexity index is 612. The van der Waals surface area contributed by atoms with E-state index in [2.05, 4.69) is 0 Å². The van der Waals surface area contributed by atoms with Gasteiger partial charge < -0.3 is 5.11 Å². The number of nitrogens with zero attached hydrogens (tertiary/aromatic N) is 1. The lowest BCUT2D eigenvalue weighted by Crippen LogP contribution is -2.47. The highest BCUT2D eigenvalue weighted by Gasteiger charge is 2.47. The molecule has 9 heteroatoms. The maximum Gasteiger partial charge on any atom is 0.307 e. The van der Waals surface area contributed by atoms with Gasteiger partial charge in [0.05, 0.1) is 22.7 Å². The minimum atomic E-state index is -3.79. The van der Waals surface area contributed by atoms with Gasteiger partial charge in [-0.2, -0.15) is 4.31 Å². The van der Waals surface area contributed by atoms with Crippen LogP contribution in [0, 0.1) is 5.92 Å². The minimum absolute atomic E-state index is 0.00326. The molecule has 1 heterocycles. The molecule has 1 N–H and O–H groups in total. The molecule has 1 aliphatic carbocycles. The summed E-state index contributed by atoms with van der Waals surface area (Å²) in [7, 11) is -6.98. The first-order chi connectivity index (χ1) is 9.69. The fourth-order valence-corrected chi connectivity index (χ4v) is 7.65. The molecule has 0 aromatic rings. The standard InChI is InChI=1S/C12H21NO6S2/c1-2-13(9-6-7-20(16,17)8-9)21(18,19)11-5-3-4-10(11)12(14)15/h9-11H,2-8H2,1H3,(H,14,15). The molecule has 1 aliphatic heterocycles. The fraction of sp³-hybridized carbons (Fsp3) is 0.917. The molecule has 0 amide bonds. The van der Waals surface area contributed by atoms with Crippen LogP contribution < -0.4 is 0 Å². The Morgan fingerprint density at radius 3 is 2.43 bits per heavy atom. The molecule has 3 unspecified atom stereocenters. The number of carboxylic acids is 1. The van der Waals surface area contributed by atoms with Crippen molar-refractivity contribution in [2.45, 2.75) is 43.9 Å². The van der Waals surface area contributed by atoms with Crippen LogP contribution >= 0.6 is 0 Å². The number of carbonyl (C=O) groups is 1. The zero-order valence-electron chi connectivity index (χ0n) is 11.9. The van der Waals surface area contributed by atoms with E-state index >= 15 is 0 Å². The van der Waals surface area contributed by atoms with Crippen LogP contribution in [0.5, 0.6) is 0 Å². The van der Waals surface area contributed by atoms with Gasteiger partial charge in [-0.3, -0.25) is 4.79 Å². The Balaban J connectivity index is 2.26. The Morgan fingerprint density at radius 1 is 1.29 bits per heavy atom. The van der Waals surface area contributed by atoms with E-state index in [0.29, 0.717) is 25.7 Å². The maximum absolute atomic E-state index is 12.7. The predicted molar refractivity (Wildman–Crippen MR) is 77.1 cm³/mol. The quantitative estimate of drug-likeness (QED) is 0.760. The van der Waals surface area contributed by atoms with Gasteiger partial charge in [-0.05, 0) is 19.3 Å². The second-order valence-electron chi connectivity index (χ2n) is 5.72. The molecule has 2 fully saturated rings. The van der Waals surface area contributed by atoms with Crippen LogP contribution in [0.4, 0.5) is 0 Å². The SMILES string of the molecule is CCN(C1CCS(=O)(=O)C1)S(=O)(=O)C1CCCC1C(=O)O. The number of carboxylic acid groups (broad SMARTS) is 1. The predicted octanol–water partition coefficient (Wildman–Crippen LogP) is 0.0785. The molecule has 3 atom stereocenters. The first-order valence-electron chi connectivity index (χ1n) is 7.13. The molecule has 0 aromatic heterocycles. The van der Waals surface area contributed by atoms with Gasteiger partial charge in [0.2, 0.25) is 10.0 Å². The molecule has 2 rings (SSSR count). The van der Waals surface area contributed by atoms with Crippen LogP contribution in [-0.4, -0.2) is 61.6 Å². The maximum atomic E-state index is 12.7. The van der Waals surface area contributed by atoms with Crippen LogP contribution in [0.2, 0.25) is 0 Å². The zero-order valence-corrected chi connectivity index (χ0v) is 13.6. The highest BCUT2D eigenvalue weighted by atomic mass is 32.2. The molecule has 2 aliphatic rings. The normalized spacial score (nSPS) is 32.6. The molecule has 1 saturated heterocycles. The number of hydrogen-bond donors (Lipinski definition) is 1. The molecule has 0 aromatic carbocycles. The van der Waals surface area contributed by atoms with Crippen molar-refractivity contribution in [3.8, 4) is 0 Å². The lowest BCUT2D eigenvalue weighted by Gasteiger charge is -2.30. The number of rotatable bonds is 5. The fourth-order valence-electron chi connectivity index (χ4n) is 3.39. The Hall–Kier alpha value is -0.670. The zero-order chi connectivity index (χ0) is 15.8. The molecule has 122 valence electrons. The Kier molecular flexibility index (Phi) is 4.65. The van der Waals surface area contributed by atoms with E-state index in [1.54, 1.807) is 6.92 Å². The van der Waals surface area contributed by atoms with E-state index in [1.807, 2.05) is 0 Å². The van der Waals surface area contributed by atoms with Gasteiger partial charge in [-0.25, -0.2) is 16.8 Å². The van der Waals surface area contributed by atoms with Gasteiger partial charge in [0, 0.05) is 12.6 Å². The monoisotopic (exact) mass is 339 g/mol. The summed E-state index contributed by atoms with van der Waals surface area (Å²) in [6.45, 7) is 1.83. The van der Waals surface area contributed by atoms with Crippen molar-refractivity contribution in [2.75, 3.05) is 18.1 Å². The highest BCUT2D eigenvalue weighted by molar-refractivity contribution is 7.92. The van der Waals surface area contributed by atoms with E-state index in [-0.39, 0.29) is 18.1 Å². The average molecular weight is 339 g/mol. The molecular weight excluding hydrogens is 318 g/mol. The summed E-state index contributed by atoms with van der Waals surface area (Å²) in [4.78, 5) is 11.2. The summed E-state index contributed by atoms with van der Waals surface area (Å²) in [5.74, 6) is -2.14. The Labute approximate surface area is 125 Å². The smallest absolute Gasteiger partial charge is 0.307 e. The van der Waals surface area contributed by atoms with Crippen LogP contribution in [0.1, 0.15) is 32.6 Å². The van der Waals surface area contributed by atoms with E-state index in [0.717, 1.165) is 0 Å². The minimum Gasteiger partial charge on any atom is -0.481 e. The highest BCUT2D eigenvalue weighted by Crippen LogP contribution is 2.35. The second-order valence-corrected chi connectivity index (χ2v) is 10.1. The summed E-state index contributed by atoms with van der Waals surface area (Å²) in [5.41, 5.74) is 0. The third kappa shape index (κ3) is 3.24. The summed E-state index contributed by atoms with van der Waals surface area (Å²) >= 11 is 0. The van der Waals surface area contributed by atoms with Crippen LogP contribution in [0.25, 0.3) is 0 Å². The first kappa shape index (κ1) is 16.7. The van der Waals surface area contributed by atoms with Crippen LogP contribution in [0.15, 0.2) is 0 Å². The Morgan fingerprint density at radius 2 is 1.95 bits per heavy atom. The molecular formula is C12H21NO6S2. The van der Waals surface area contributed by atoms with Crippen molar-refractivity contribution in [1.82, 2.24) is 4.31 Å². The van der Waals surface area contributed by atoms with E-state index in [1.165, 1.54) is 4.31 Å². The topological polar surface area (TPSA) is 109 Å². The molecule has 21 heavy (non-hydrogen) atoms.